The molecule has 6 nitrogen and oxygen atoms in total. The number of aromatic amines is 1. The van der Waals surface area contributed by atoms with E-state index < -0.39 is 0 Å². The van der Waals surface area contributed by atoms with Gasteiger partial charge in [-0.3, -0.25) is 4.79 Å². The zero-order valence-electron chi connectivity index (χ0n) is 13.1. The van der Waals surface area contributed by atoms with E-state index in [4.69, 9.17) is 4.74 Å². The molecule has 8 heteroatoms. The Hall–Kier alpha value is -1.90. The summed E-state index contributed by atoms with van der Waals surface area (Å²) in [6.07, 6.45) is 0. The average Bonchev–Trinajstić information content (AvgIpc) is 3.08. The SMILES string of the molecule is Cc1c(Sc2nnc(N3CCOCC3)s2)c(=O)[nH]c2ccccc12. The van der Waals surface area contributed by atoms with Gasteiger partial charge in [-0.15, -0.1) is 10.2 Å². The number of aryl methyl sites for hydroxylation is 1. The van der Waals surface area contributed by atoms with Crippen LogP contribution in [-0.2, 0) is 4.74 Å². The maximum Gasteiger partial charge on any atom is 0.262 e. The lowest BCUT2D eigenvalue weighted by Gasteiger charge is -2.25. The number of hydrogen-bond acceptors (Lipinski definition) is 7. The standard InChI is InChI=1S/C16H16N4O2S2/c1-10-11-4-2-3-5-12(11)17-14(21)13(10)23-16-19-18-15(24-16)20-6-8-22-9-7-20/h2-5H,6-9H2,1H3,(H,17,21). The van der Waals surface area contributed by atoms with E-state index in [1.54, 1.807) is 0 Å². The van der Waals surface area contributed by atoms with Crippen LogP contribution in [-0.4, -0.2) is 41.5 Å². The Labute approximate surface area is 146 Å². The molecule has 1 saturated heterocycles. The first-order chi connectivity index (χ1) is 11.7. The first-order valence-electron chi connectivity index (χ1n) is 7.68. The molecule has 0 unspecified atom stereocenters. The van der Waals surface area contributed by atoms with Crippen LogP contribution in [0.4, 0.5) is 5.13 Å². The molecule has 0 spiro atoms. The number of aromatic nitrogens is 3. The lowest BCUT2D eigenvalue weighted by molar-refractivity contribution is 0.122. The van der Waals surface area contributed by atoms with E-state index in [2.05, 4.69) is 20.1 Å². The fourth-order valence-electron chi connectivity index (χ4n) is 2.73. The number of morpholine rings is 1. The van der Waals surface area contributed by atoms with Crippen LogP contribution in [0.15, 0.2) is 38.3 Å². The molecule has 1 aliphatic rings. The molecule has 124 valence electrons. The van der Waals surface area contributed by atoms with Crippen molar-refractivity contribution in [3.63, 3.8) is 0 Å². The summed E-state index contributed by atoms with van der Waals surface area (Å²) in [5.74, 6) is 0. The van der Waals surface area contributed by atoms with Gasteiger partial charge in [0.05, 0.1) is 18.1 Å². The Morgan fingerprint density at radius 1 is 1.25 bits per heavy atom. The van der Waals surface area contributed by atoms with Crippen molar-refractivity contribution < 1.29 is 4.74 Å². The van der Waals surface area contributed by atoms with Crippen molar-refractivity contribution in [3.8, 4) is 0 Å². The molecular formula is C16H16N4O2S2. The van der Waals surface area contributed by atoms with Crippen LogP contribution in [0.25, 0.3) is 10.9 Å². The van der Waals surface area contributed by atoms with Crippen molar-refractivity contribution in [2.75, 3.05) is 31.2 Å². The lowest BCUT2D eigenvalue weighted by atomic mass is 10.1. The third-order valence-electron chi connectivity index (χ3n) is 3.99. The van der Waals surface area contributed by atoms with Gasteiger partial charge < -0.3 is 14.6 Å². The van der Waals surface area contributed by atoms with Crippen molar-refractivity contribution in [1.29, 1.82) is 0 Å². The Bertz CT molecular complexity index is 931. The number of benzene rings is 1. The normalized spacial score (nSPS) is 15.1. The monoisotopic (exact) mass is 360 g/mol. The second-order valence-electron chi connectivity index (χ2n) is 5.51. The maximum absolute atomic E-state index is 12.4. The topological polar surface area (TPSA) is 71.1 Å². The zero-order chi connectivity index (χ0) is 16.5. The number of rotatable bonds is 3. The second-order valence-corrected chi connectivity index (χ2v) is 7.72. The van der Waals surface area contributed by atoms with Gasteiger partial charge in [0.2, 0.25) is 5.13 Å². The second kappa shape index (κ2) is 6.54. The van der Waals surface area contributed by atoms with Crippen LogP contribution in [0.3, 0.4) is 0 Å². The fourth-order valence-corrected chi connectivity index (χ4v) is 4.66. The summed E-state index contributed by atoms with van der Waals surface area (Å²) in [5, 5.41) is 10.4. The third kappa shape index (κ3) is 2.92. The molecule has 0 saturated carbocycles. The molecule has 0 aliphatic carbocycles. The minimum absolute atomic E-state index is 0.0840. The summed E-state index contributed by atoms with van der Waals surface area (Å²) in [6, 6.07) is 7.83. The van der Waals surface area contributed by atoms with Crippen molar-refractivity contribution in [2.45, 2.75) is 16.2 Å². The fraction of sp³-hybridized carbons (Fsp3) is 0.312. The van der Waals surface area contributed by atoms with Crippen molar-refractivity contribution in [2.24, 2.45) is 0 Å². The molecule has 0 bridgehead atoms. The van der Waals surface area contributed by atoms with Gasteiger partial charge in [-0.05, 0) is 18.6 Å². The Morgan fingerprint density at radius 2 is 2.04 bits per heavy atom. The number of nitrogens with one attached hydrogen (secondary N) is 1. The molecule has 4 rings (SSSR count). The number of nitrogens with zero attached hydrogens (tertiary/aromatic N) is 3. The molecule has 24 heavy (non-hydrogen) atoms. The summed E-state index contributed by atoms with van der Waals surface area (Å²) < 4.78 is 6.14. The Kier molecular flexibility index (Phi) is 4.26. The van der Waals surface area contributed by atoms with E-state index in [9.17, 15) is 4.79 Å². The van der Waals surface area contributed by atoms with E-state index in [0.29, 0.717) is 18.1 Å². The summed E-state index contributed by atoms with van der Waals surface area (Å²) in [5.41, 5.74) is 1.75. The molecule has 3 heterocycles. The number of anilines is 1. The van der Waals surface area contributed by atoms with E-state index in [0.717, 1.165) is 39.0 Å². The molecule has 0 atom stereocenters. The van der Waals surface area contributed by atoms with E-state index in [-0.39, 0.29) is 5.56 Å². The van der Waals surface area contributed by atoms with Gasteiger partial charge in [0.15, 0.2) is 4.34 Å². The molecule has 1 fully saturated rings. The van der Waals surface area contributed by atoms with Crippen molar-refractivity contribution in [3.05, 3.63) is 40.2 Å². The molecule has 2 aromatic heterocycles. The van der Waals surface area contributed by atoms with Gasteiger partial charge >= 0.3 is 0 Å². The smallest absolute Gasteiger partial charge is 0.262 e. The molecule has 1 N–H and O–H groups in total. The van der Waals surface area contributed by atoms with Gasteiger partial charge in [0.1, 0.15) is 0 Å². The highest BCUT2D eigenvalue weighted by Crippen LogP contribution is 2.34. The third-order valence-corrected chi connectivity index (χ3v) is 6.22. The summed E-state index contributed by atoms with van der Waals surface area (Å²) in [4.78, 5) is 18.2. The maximum atomic E-state index is 12.4. The number of fused-ring (bicyclic) bond motifs is 1. The van der Waals surface area contributed by atoms with Gasteiger partial charge in [-0.25, -0.2) is 0 Å². The van der Waals surface area contributed by atoms with Crippen LogP contribution in [0.1, 0.15) is 5.56 Å². The zero-order valence-corrected chi connectivity index (χ0v) is 14.7. The molecule has 3 aromatic rings. The molecular weight excluding hydrogens is 344 g/mol. The minimum atomic E-state index is -0.0840. The highest BCUT2D eigenvalue weighted by molar-refractivity contribution is 8.01. The van der Waals surface area contributed by atoms with Crippen molar-refractivity contribution in [1.82, 2.24) is 15.2 Å². The molecule has 1 aliphatic heterocycles. The van der Waals surface area contributed by atoms with Crippen LogP contribution in [0.5, 0.6) is 0 Å². The Balaban J connectivity index is 1.65. The average molecular weight is 360 g/mol. The number of pyridine rings is 1. The summed E-state index contributed by atoms with van der Waals surface area (Å²) in [7, 11) is 0. The number of ether oxygens (including phenoxy) is 1. The van der Waals surface area contributed by atoms with Crippen LogP contribution >= 0.6 is 23.1 Å². The number of para-hydroxylation sites is 1. The summed E-state index contributed by atoms with van der Waals surface area (Å²) >= 11 is 2.90. The van der Waals surface area contributed by atoms with Gasteiger partial charge in [-0.2, -0.15) is 0 Å². The number of H-pyrrole nitrogens is 1. The van der Waals surface area contributed by atoms with Crippen LogP contribution in [0.2, 0.25) is 0 Å². The lowest BCUT2D eigenvalue weighted by Crippen LogP contribution is -2.36. The predicted molar refractivity (Wildman–Crippen MR) is 96.4 cm³/mol. The van der Waals surface area contributed by atoms with Crippen LogP contribution < -0.4 is 10.5 Å². The van der Waals surface area contributed by atoms with Gasteiger partial charge in [0.25, 0.3) is 5.56 Å². The molecule has 1 aromatic carbocycles. The molecule has 0 radical (unpaired) electrons. The number of hydrogen-bond donors (Lipinski definition) is 1. The van der Waals surface area contributed by atoms with E-state index in [1.165, 1.54) is 23.1 Å². The predicted octanol–water partition coefficient (Wildman–Crippen LogP) is 2.68. The largest absolute Gasteiger partial charge is 0.378 e. The highest BCUT2D eigenvalue weighted by Gasteiger charge is 2.18. The Morgan fingerprint density at radius 3 is 2.88 bits per heavy atom. The van der Waals surface area contributed by atoms with Gasteiger partial charge in [0, 0.05) is 24.0 Å². The quantitative estimate of drug-likeness (QED) is 0.774. The first kappa shape index (κ1) is 15.6. The minimum Gasteiger partial charge on any atom is -0.378 e. The van der Waals surface area contributed by atoms with E-state index >= 15 is 0 Å². The van der Waals surface area contributed by atoms with E-state index in [1.807, 2.05) is 31.2 Å². The highest BCUT2D eigenvalue weighted by atomic mass is 32.2. The van der Waals surface area contributed by atoms with Crippen molar-refractivity contribution >= 4 is 39.1 Å². The summed E-state index contributed by atoms with van der Waals surface area (Å²) in [6.45, 7) is 5.06. The molecule has 0 amide bonds. The van der Waals surface area contributed by atoms with Gasteiger partial charge in [-0.1, -0.05) is 41.3 Å². The first-order valence-corrected chi connectivity index (χ1v) is 9.31. The van der Waals surface area contributed by atoms with Crippen LogP contribution in [0, 0.1) is 6.92 Å².